The van der Waals surface area contributed by atoms with Gasteiger partial charge in [-0.1, -0.05) is 37.1 Å². The number of hydrogen-bond donors (Lipinski definition) is 13. The van der Waals surface area contributed by atoms with E-state index in [1.54, 1.807) is 20.4 Å². The predicted octanol–water partition coefficient (Wildman–Crippen LogP) is -6.76. The first-order valence-electron chi connectivity index (χ1n) is 29.2. The zero-order valence-corrected chi connectivity index (χ0v) is 53.2. The molecule has 0 saturated heterocycles. The molecular formula is C60H90LuN5O24. The zero-order valence-electron chi connectivity index (χ0n) is 51.6. The van der Waals surface area contributed by atoms with Crippen LogP contribution in [0.2, 0.25) is 0 Å². The van der Waals surface area contributed by atoms with E-state index >= 15 is 0 Å². The summed E-state index contributed by atoms with van der Waals surface area (Å²) in [6.07, 6.45) is -5.90. The normalized spacial score (nSPS) is 16.8. The van der Waals surface area contributed by atoms with Crippen LogP contribution in [0.4, 0.5) is 0 Å². The van der Waals surface area contributed by atoms with E-state index < -0.39 is 74.0 Å². The van der Waals surface area contributed by atoms with Crippen molar-refractivity contribution in [3.8, 4) is 11.5 Å². The van der Waals surface area contributed by atoms with Crippen LogP contribution in [0, 0.1) is 43.8 Å². The van der Waals surface area contributed by atoms with E-state index in [1.807, 2.05) is 12.1 Å². The Morgan fingerprint density at radius 2 is 1.06 bits per heavy atom. The summed E-state index contributed by atoms with van der Waals surface area (Å²) in [4.78, 5) is 44.2. The second-order valence-corrected chi connectivity index (χ2v) is 20.1. The summed E-state index contributed by atoms with van der Waals surface area (Å²) in [6, 6.07) is 3.70. The summed E-state index contributed by atoms with van der Waals surface area (Å²) in [7, 11) is 3.28. The molecule has 29 nitrogen and oxygen atoms in total. The Morgan fingerprint density at radius 3 is 1.50 bits per heavy atom. The van der Waals surface area contributed by atoms with Gasteiger partial charge in [-0.3, -0.25) is 9.98 Å². The summed E-state index contributed by atoms with van der Waals surface area (Å²) in [5.41, 5.74) is 10.1. The number of carboxylic acids is 2. The number of hydrogen-bond acceptors (Lipinski definition) is 27. The molecule has 2 aliphatic heterocycles. The molecule has 0 fully saturated rings. The molecule has 5 rings (SSSR count). The number of aliphatic hydroxyl groups is 12. The SMILES string of the molecule is CCc1c(CC)/c2[n-]/c1=C\C1=NC(=C\N=c3cc(OCCOCCOCCOC)c(OCCOCCOCCOC)cc3=NCc3[nH]c(c(CCCO)c3C)\C=2)/C(C)=C1CCCO.O=C([O-])[C@H](O)[C@@H](O)[C@H](O)[C@H](O)CO.O=C([O-])[C@H](O)[C@@H](O)[C@H](O)[C@H](O)CO.[Lu+3]. The van der Waals surface area contributed by atoms with Crippen molar-refractivity contribution in [2.45, 2.75) is 122 Å². The Labute approximate surface area is 550 Å². The second kappa shape index (κ2) is 44.8. The number of fused-ring (bicyclic) bond motifs is 6. The number of nitrogens with zero attached hydrogens (tertiary/aromatic N) is 4. The molecule has 90 heavy (non-hydrogen) atoms. The monoisotopic (exact) mass is 1440 g/mol. The molecule has 30 heteroatoms. The van der Waals surface area contributed by atoms with Crippen molar-refractivity contribution in [1.29, 1.82) is 0 Å². The number of carbonyl (C=O) groups excluding carboxylic acids is 2. The van der Waals surface area contributed by atoms with Crippen LogP contribution >= 0.6 is 0 Å². The third-order valence-electron chi connectivity index (χ3n) is 13.9. The standard InChI is InChI=1S/C48H68N5O10.2C6H12O7.Lu/c1-7-35-36(8-2)40-28-42-38(12-10-14-55)34(4)46(53-42)32-50-44-30-48(63-26-24-61-22-20-59-18-16-57-6)47(62-25-23-60-21-19-58-17-15-56-5)29-43(44)49-31-45-33(3)37(11-9-13-54)41(52-45)27-39(35)51-40;2*7-1-2(8)3(9)4(10)5(11)6(12)13;/h27-31,53-55H,7-26,32H2,1-6H3;2*2-5,7-11H,1H2,(H,12,13);/q-1;;;+3/p-2/b39-27-,40-28-,45-31-,49-43?,50-44?;;;/t;2*2-,3-,4+,5-;/m.11./s1. The number of aliphatic carboxylic acids is 2. The molecular weight excluding hydrogens is 1350 g/mol. The van der Waals surface area contributed by atoms with Gasteiger partial charge in [0.2, 0.25) is 0 Å². The average Bonchev–Trinajstić information content (AvgIpc) is 1.93. The van der Waals surface area contributed by atoms with E-state index in [9.17, 15) is 30.0 Å². The van der Waals surface area contributed by atoms with E-state index in [4.69, 9.17) is 109 Å². The molecule has 3 aromatic rings. The van der Waals surface area contributed by atoms with Crippen molar-refractivity contribution in [3.05, 3.63) is 90.2 Å². The van der Waals surface area contributed by atoms with E-state index in [2.05, 4.69) is 44.8 Å². The Hall–Kier alpha value is -4.68. The van der Waals surface area contributed by atoms with Crippen molar-refractivity contribution in [2.75, 3.05) is 120 Å². The van der Waals surface area contributed by atoms with Gasteiger partial charge in [-0.2, -0.15) is 0 Å². The van der Waals surface area contributed by atoms with Gasteiger partial charge >= 0.3 is 36.9 Å². The fourth-order valence-electron chi connectivity index (χ4n) is 8.85. The van der Waals surface area contributed by atoms with Gasteiger partial charge in [0.1, 0.15) is 62.0 Å². The molecule has 13 N–H and O–H groups in total. The maximum Gasteiger partial charge on any atom is 3.00 e. The van der Waals surface area contributed by atoms with Crippen LogP contribution in [0.3, 0.4) is 0 Å². The molecule has 2 aromatic heterocycles. The Morgan fingerprint density at radius 1 is 0.611 bits per heavy atom. The quantitative estimate of drug-likeness (QED) is 0.0237. The van der Waals surface area contributed by atoms with Gasteiger partial charge in [-0.25, -0.2) is 4.99 Å². The summed E-state index contributed by atoms with van der Waals surface area (Å²) < 4.78 is 45.3. The summed E-state index contributed by atoms with van der Waals surface area (Å²) in [5, 5.41) is 130. The van der Waals surface area contributed by atoms with Gasteiger partial charge in [0.15, 0.2) is 11.5 Å². The number of aromatic amines is 1. The first-order valence-corrected chi connectivity index (χ1v) is 29.2. The minimum Gasteiger partial charge on any atom is -0.657 e. The Balaban J connectivity index is 0.000000847. The number of rotatable bonds is 38. The number of H-pyrrole nitrogens is 1. The summed E-state index contributed by atoms with van der Waals surface area (Å²) in [6.45, 7) is 12.3. The molecule has 1 aromatic carbocycles. The van der Waals surface area contributed by atoms with Crippen LogP contribution in [0.25, 0.3) is 12.2 Å². The number of ether oxygens (including phenoxy) is 8. The maximum atomic E-state index is 9.98. The predicted molar refractivity (Wildman–Crippen MR) is 314 cm³/mol. The molecule has 0 aliphatic carbocycles. The molecule has 0 spiro atoms. The summed E-state index contributed by atoms with van der Waals surface area (Å²) in [5.74, 6) is -2.98. The third-order valence-corrected chi connectivity index (χ3v) is 13.9. The zero-order chi connectivity index (χ0) is 66.0. The largest absolute Gasteiger partial charge is 3.00 e. The van der Waals surface area contributed by atoms with Gasteiger partial charge < -0.3 is 129 Å². The number of aromatic nitrogens is 2. The molecule has 8 atom stereocenters. The van der Waals surface area contributed by atoms with Crippen LogP contribution in [0.1, 0.15) is 73.7 Å². The summed E-state index contributed by atoms with van der Waals surface area (Å²) >= 11 is 0. The second-order valence-electron chi connectivity index (χ2n) is 20.1. The topological polar surface area (TPSA) is 464 Å². The maximum absolute atomic E-state index is 9.98. The smallest absolute Gasteiger partial charge is 0.657 e. The fraction of sp³-hybridized carbons (Fsp3) is 0.617. The number of carbonyl (C=O) groups is 2. The first kappa shape index (κ1) is 81.4. The average molecular weight is 1440 g/mol. The number of benzene rings is 1. The van der Waals surface area contributed by atoms with Crippen molar-refractivity contribution >= 4 is 29.8 Å². The van der Waals surface area contributed by atoms with Crippen LogP contribution in [0.5, 0.6) is 11.5 Å². The third kappa shape index (κ3) is 26.0. The van der Waals surface area contributed by atoms with Crippen molar-refractivity contribution in [3.63, 3.8) is 0 Å². The molecule has 0 unspecified atom stereocenters. The number of methoxy groups -OCH3 is 2. The minimum absolute atomic E-state index is 0. The molecule has 0 amide bonds. The molecule has 0 radical (unpaired) electrons. The molecule has 6 bridgehead atoms. The van der Waals surface area contributed by atoms with E-state index in [0.29, 0.717) is 121 Å². The van der Waals surface area contributed by atoms with E-state index in [1.165, 1.54) is 11.1 Å². The van der Waals surface area contributed by atoms with Gasteiger partial charge in [0.05, 0.1) is 126 Å². The van der Waals surface area contributed by atoms with Crippen LogP contribution in [-0.4, -0.2) is 253 Å². The van der Waals surface area contributed by atoms with Gasteiger partial charge in [0.25, 0.3) is 0 Å². The van der Waals surface area contributed by atoms with Crippen LogP contribution in [-0.2, 0) is 63.8 Å². The fourth-order valence-corrected chi connectivity index (χ4v) is 8.85. The minimum atomic E-state index is -2.31. The number of allylic oxidation sites excluding steroid dienone is 2. The molecule has 4 heterocycles. The van der Waals surface area contributed by atoms with E-state index in [-0.39, 0.29) is 63.3 Å². The first-order chi connectivity index (χ1) is 42.7. The van der Waals surface area contributed by atoms with Crippen LogP contribution in [0.15, 0.2) is 50.2 Å². The number of nitrogens with one attached hydrogen (secondary N) is 1. The van der Waals surface area contributed by atoms with Crippen molar-refractivity contribution in [1.82, 2.24) is 9.97 Å². The number of aliphatic imine (C=N–C) groups is 1. The molecule has 514 valence electrons. The van der Waals surface area contributed by atoms with Crippen molar-refractivity contribution in [2.24, 2.45) is 15.0 Å². The molecule has 0 saturated carbocycles. The Kier molecular flexibility index (Phi) is 40.5. The van der Waals surface area contributed by atoms with Crippen molar-refractivity contribution < 1.29 is 156 Å². The Bertz CT molecular complexity index is 2930. The van der Waals surface area contributed by atoms with Gasteiger partial charge in [0, 0.05) is 51.0 Å². The number of carboxylic acid groups (broad SMARTS) is 2. The van der Waals surface area contributed by atoms with Crippen LogP contribution < -0.4 is 46.1 Å². The van der Waals surface area contributed by atoms with Gasteiger partial charge in [-0.15, -0.1) is 10.7 Å². The molecule has 2 aliphatic rings. The van der Waals surface area contributed by atoms with Gasteiger partial charge in [-0.05, 0) is 74.6 Å². The number of aliphatic hydroxyl groups excluding tert-OH is 12. The van der Waals surface area contributed by atoms with E-state index in [0.717, 1.165) is 68.6 Å².